The SMILES string of the molecule is CC(C)(C)OC(=O)N1CC[C@H]1COc1ccc(F)c(C(=O)O)c1. The Labute approximate surface area is 133 Å². The molecular formula is C16H20FNO5. The molecule has 1 aromatic rings. The van der Waals surface area contributed by atoms with Gasteiger partial charge in [-0.25, -0.2) is 14.0 Å². The van der Waals surface area contributed by atoms with Gasteiger partial charge in [0.25, 0.3) is 0 Å². The molecule has 126 valence electrons. The predicted octanol–water partition coefficient (Wildman–Crippen LogP) is 2.91. The molecule has 0 bridgehead atoms. The number of aromatic carboxylic acids is 1. The highest BCUT2D eigenvalue weighted by molar-refractivity contribution is 5.88. The van der Waals surface area contributed by atoms with Crippen molar-refractivity contribution in [2.45, 2.75) is 38.8 Å². The van der Waals surface area contributed by atoms with E-state index in [1.807, 2.05) is 0 Å². The minimum atomic E-state index is -1.35. The summed E-state index contributed by atoms with van der Waals surface area (Å²) < 4.78 is 24.1. The zero-order valence-corrected chi connectivity index (χ0v) is 13.3. The molecule has 0 radical (unpaired) electrons. The molecule has 0 aromatic heterocycles. The summed E-state index contributed by atoms with van der Waals surface area (Å²) in [5.74, 6) is -1.92. The molecule has 1 N–H and O–H groups in total. The smallest absolute Gasteiger partial charge is 0.410 e. The van der Waals surface area contributed by atoms with Crippen molar-refractivity contribution in [2.75, 3.05) is 13.2 Å². The van der Waals surface area contributed by atoms with E-state index in [-0.39, 0.29) is 18.4 Å². The molecule has 7 heteroatoms. The quantitative estimate of drug-likeness (QED) is 0.921. The summed E-state index contributed by atoms with van der Waals surface area (Å²) in [5, 5.41) is 8.88. The molecule has 23 heavy (non-hydrogen) atoms. The third-order valence-electron chi connectivity index (χ3n) is 3.38. The number of benzene rings is 1. The van der Waals surface area contributed by atoms with Crippen molar-refractivity contribution in [3.63, 3.8) is 0 Å². The number of carbonyl (C=O) groups excluding carboxylic acids is 1. The van der Waals surface area contributed by atoms with Crippen LogP contribution in [0.5, 0.6) is 5.75 Å². The maximum Gasteiger partial charge on any atom is 0.410 e. The molecule has 0 saturated carbocycles. The molecule has 1 saturated heterocycles. The Morgan fingerprint density at radius 3 is 2.61 bits per heavy atom. The number of hydrogen-bond acceptors (Lipinski definition) is 4. The third-order valence-corrected chi connectivity index (χ3v) is 3.38. The lowest BCUT2D eigenvalue weighted by Crippen LogP contribution is -2.55. The Kier molecular flexibility index (Phi) is 4.77. The summed E-state index contributed by atoms with van der Waals surface area (Å²) in [6.45, 7) is 6.17. The standard InChI is InChI=1S/C16H20FNO5/c1-16(2,3)23-15(21)18-7-6-10(18)9-22-11-4-5-13(17)12(8-11)14(19)20/h4-5,8,10H,6-7,9H2,1-3H3,(H,19,20)/t10-/m0/s1. The minimum absolute atomic E-state index is 0.136. The molecule has 2 rings (SSSR count). The lowest BCUT2D eigenvalue weighted by Gasteiger charge is -2.41. The van der Waals surface area contributed by atoms with E-state index in [1.54, 1.807) is 25.7 Å². The van der Waals surface area contributed by atoms with E-state index in [1.165, 1.54) is 6.07 Å². The highest BCUT2D eigenvalue weighted by Crippen LogP contribution is 2.23. The topological polar surface area (TPSA) is 76.1 Å². The molecule has 1 aliphatic heterocycles. The largest absolute Gasteiger partial charge is 0.491 e. The molecule has 0 aliphatic carbocycles. The number of carboxylic acid groups (broad SMARTS) is 1. The van der Waals surface area contributed by atoms with Crippen LogP contribution in [0.25, 0.3) is 0 Å². The van der Waals surface area contributed by atoms with Crippen LogP contribution in [0.2, 0.25) is 0 Å². The summed E-state index contributed by atoms with van der Waals surface area (Å²) in [5.41, 5.74) is -1.01. The first-order valence-electron chi connectivity index (χ1n) is 7.32. The van der Waals surface area contributed by atoms with E-state index >= 15 is 0 Å². The molecule has 1 aliphatic rings. The molecule has 6 nitrogen and oxygen atoms in total. The van der Waals surface area contributed by atoms with Crippen molar-refractivity contribution in [1.82, 2.24) is 4.90 Å². The molecule has 0 spiro atoms. The van der Waals surface area contributed by atoms with Crippen molar-refractivity contribution in [3.05, 3.63) is 29.6 Å². The molecule has 1 fully saturated rings. The molecule has 1 aromatic carbocycles. The highest BCUT2D eigenvalue weighted by Gasteiger charge is 2.35. The van der Waals surface area contributed by atoms with Gasteiger partial charge in [0.1, 0.15) is 23.8 Å². The van der Waals surface area contributed by atoms with Gasteiger partial charge < -0.3 is 19.5 Å². The lowest BCUT2D eigenvalue weighted by molar-refractivity contribution is -0.0141. The number of likely N-dealkylation sites (tertiary alicyclic amines) is 1. The first-order valence-corrected chi connectivity index (χ1v) is 7.32. The normalized spacial score (nSPS) is 17.4. The van der Waals surface area contributed by atoms with Crippen LogP contribution in [-0.2, 0) is 4.74 Å². The fraction of sp³-hybridized carbons (Fsp3) is 0.500. The second-order valence-electron chi connectivity index (χ2n) is 6.37. The van der Waals surface area contributed by atoms with Crippen molar-refractivity contribution >= 4 is 12.1 Å². The van der Waals surface area contributed by atoms with Gasteiger partial charge >= 0.3 is 12.1 Å². The Morgan fingerprint density at radius 1 is 1.39 bits per heavy atom. The number of halogens is 1. The molecular weight excluding hydrogens is 305 g/mol. The van der Waals surface area contributed by atoms with E-state index < -0.39 is 29.0 Å². The minimum Gasteiger partial charge on any atom is -0.491 e. The van der Waals surface area contributed by atoms with E-state index in [4.69, 9.17) is 14.6 Å². The summed E-state index contributed by atoms with van der Waals surface area (Å²) in [7, 11) is 0. The first-order chi connectivity index (χ1) is 10.7. The lowest BCUT2D eigenvalue weighted by atomic mass is 10.1. The third kappa shape index (κ3) is 4.34. The van der Waals surface area contributed by atoms with Gasteiger partial charge in [0, 0.05) is 6.54 Å². The fourth-order valence-corrected chi connectivity index (χ4v) is 2.13. The molecule has 1 heterocycles. The van der Waals surface area contributed by atoms with Gasteiger partial charge in [-0.2, -0.15) is 0 Å². The van der Waals surface area contributed by atoms with Crippen LogP contribution in [0.1, 0.15) is 37.6 Å². The zero-order chi connectivity index (χ0) is 17.2. The number of amides is 1. The number of ether oxygens (including phenoxy) is 2. The van der Waals surface area contributed by atoms with Crippen LogP contribution in [0.4, 0.5) is 9.18 Å². The van der Waals surface area contributed by atoms with E-state index in [0.29, 0.717) is 6.54 Å². The molecule has 0 unspecified atom stereocenters. The van der Waals surface area contributed by atoms with Crippen LogP contribution in [0.15, 0.2) is 18.2 Å². The number of carboxylic acids is 1. The van der Waals surface area contributed by atoms with Gasteiger partial charge in [0.2, 0.25) is 0 Å². The molecule has 1 amide bonds. The Balaban J connectivity index is 1.93. The number of carbonyl (C=O) groups is 2. The van der Waals surface area contributed by atoms with Gasteiger partial charge in [-0.15, -0.1) is 0 Å². The molecule has 1 atom stereocenters. The first kappa shape index (κ1) is 17.1. The maximum atomic E-state index is 13.3. The maximum absolute atomic E-state index is 13.3. The average Bonchev–Trinajstić information content (AvgIpc) is 2.36. The van der Waals surface area contributed by atoms with Gasteiger partial charge in [0.05, 0.1) is 11.6 Å². The van der Waals surface area contributed by atoms with Crippen LogP contribution >= 0.6 is 0 Å². The highest BCUT2D eigenvalue weighted by atomic mass is 19.1. The van der Waals surface area contributed by atoms with Gasteiger partial charge in [-0.3, -0.25) is 0 Å². The summed E-state index contributed by atoms with van der Waals surface area (Å²) >= 11 is 0. The van der Waals surface area contributed by atoms with Crippen LogP contribution < -0.4 is 4.74 Å². The Hall–Kier alpha value is -2.31. The van der Waals surface area contributed by atoms with Crippen molar-refractivity contribution in [2.24, 2.45) is 0 Å². The van der Waals surface area contributed by atoms with Crippen molar-refractivity contribution < 1.29 is 28.6 Å². The average molecular weight is 325 g/mol. The van der Waals surface area contributed by atoms with Crippen molar-refractivity contribution in [3.8, 4) is 5.75 Å². The second kappa shape index (κ2) is 6.44. The van der Waals surface area contributed by atoms with E-state index in [2.05, 4.69) is 0 Å². The van der Waals surface area contributed by atoms with Gasteiger partial charge in [-0.05, 0) is 45.4 Å². The van der Waals surface area contributed by atoms with Crippen LogP contribution in [0.3, 0.4) is 0 Å². The fourth-order valence-electron chi connectivity index (χ4n) is 2.13. The Bertz CT molecular complexity index is 611. The predicted molar refractivity (Wildman–Crippen MR) is 80.2 cm³/mol. The van der Waals surface area contributed by atoms with Gasteiger partial charge in [0.15, 0.2) is 0 Å². The second-order valence-corrected chi connectivity index (χ2v) is 6.37. The van der Waals surface area contributed by atoms with Gasteiger partial charge in [-0.1, -0.05) is 0 Å². The zero-order valence-electron chi connectivity index (χ0n) is 13.3. The summed E-state index contributed by atoms with van der Waals surface area (Å²) in [4.78, 5) is 24.4. The van der Waals surface area contributed by atoms with Crippen LogP contribution in [0, 0.1) is 5.82 Å². The monoisotopic (exact) mass is 325 g/mol. The number of nitrogens with zero attached hydrogens (tertiary/aromatic N) is 1. The van der Waals surface area contributed by atoms with Crippen LogP contribution in [-0.4, -0.2) is 46.9 Å². The summed E-state index contributed by atoms with van der Waals surface area (Å²) in [6, 6.07) is 3.40. The number of rotatable bonds is 4. The van der Waals surface area contributed by atoms with E-state index in [0.717, 1.165) is 18.6 Å². The summed E-state index contributed by atoms with van der Waals surface area (Å²) in [6.07, 6.45) is 0.370. The number of hydrogen-bond donors (Lipinski definition) is 1. The Morgan fingerprint density at radius 2 is 2.09 bits per heavy atom. The van der Waals surface area contributed by atoms with E-state index in [9.17, 15) is 14.0 Å². The van der Waals surface area contributed by atoms with Crippen molar-refractivity contribution in [1.29, 1.82) is 0 Å².